The molecule has 21 saturated heterocycles. The number of benzene rings is 3. The molecule has 0 unspecified atom stereocenters. The molecule has 0 radical (unpaired) electrons. The Morgan fingerprint density at radius 3 is 0.615 bits per heavy atom. The third kappa shape index (κ3) is 6.33. The van der Waals surface area contributed by atoms with E-state index < -0.39 is 264 Å². The Hall–Kier alpha value is -12.3. The van der Waals surface area contributed by atoms with E-state index in [1.54, 1.807) is 0 Å². The van der Waals surface area contributed by atoms with Gasteiger partial charge in [-0.1, -0.05) is 72.8 Å². The van der Waals surface area contributed by atoms with Crippen LogP contribution >= 0.6 is 0 Å². The molecule has 43 heteroatoms. The van der Waals surface area contributed by atoms with Crippen LogP contribution in [0.25, 0.3) is 10.8 Å². The summed E-state index contributed by atoms with van der Waals surface area (Å²) in [6.07, 6.45) is -17.2. The number of amides is 28. The Morgan fingerprint density at radius 2 is 0.413 bits per heavy atom. The third-order valence-corrected chi connectivity index (χ3v) is 25.8. The molecule has 0 bridgehead atoms. The van der Waals surface area contributed by atoms with E-state index in [0.29, 0.717) is 6.04 Å². The lowest BCUT2D eigenvalue weighted by Gasteiger charge is -2.42. The minimum atomic E-state index is -1.23. The molecule has 28 amide bonds. The van der Waals surface area contributed by atoms with E-state index in [1.807, 2.05) is 0 Å². The third-order valence-electron chi connectivity index (χ3n) is 25.8. The predicted octanol–water partition coefficient (Wildman–Crippen LogP) is -2.94. The van der Waals surface area contributed by atoms with Crippen molar-refractivity contribution in [1.29, 1.82) is 0 Å². The highest BCUT2D eigenvalue weighted by atomic mass is 16.3. The van der Waals surface area contributed by atoms with Crippen molar-refractivity contribution in [3.05, 3.63) is 83.9 Å². The lowest BCUT2D eigenvalue weighted by Crippen LogP contribution is -2.83. The lowest BCUT2D eigenvalue weighted by molar-refractivity contribution is -0.707. The van der Waals surface area contributed by atoms with E-state index in [-0.39, 0.29) is 0 Å². The molecule has 24 rings (SSSR count). The van der Waals surface area contributed by atoms with Gasteiger partial charge in [0.2, 0.25) is 0 Å². The topological polar surface area (TPSA) is 346 Å². The van der Waals surface area contributed by atoms with Crippen molar-refractivity contribution in [2.45, 2.75) is 106 Å². The first-order valence-corrected chi connectivity index (χ1v) is 34.7. The Morgan fingerprint density at radius 1 is 0.240 bits per heavy atom. The first kappa shape index (κ1) is 57.3. The first-order valence-electron chi connectivity index (χ1n) is 34.7. The van der Waals surface area contributed by atoms with Gasteiger partial charge < -0.3 is 5.32 Å². The normalized spacial score (nSPS) is 35.0. The number of nitrogens with zero attached hydrogens (tertiary/aromatic N) is 28. The molecular formula is C61H62N29O14+. The van der Waals surface area contributed by atoms with Crippen molar-refractivity contribution in [3.63, 3.8) is 0 Å². The largest absolute Gasteiger partial charge is 0.337 e. The Balaban J connectivity index is 0.000000280. The molecule has 3 aromatic rings. The zero-order valence-corrected chi connectivity index (χ0v) is 55.0. The van der Waals surface area contributed by atoms with E-state index in [4.69, 9.17) is 0 Å². The zero-order valence-electron chi connectivity index (χ0n) is 55.0. The minimum absolute atomic E-state index is 0.460. The van der Waals surface area contributed by atoms with Crippen molar-refractivity contribution in [1.82, 2.24) is 137 Å². The lowest BCUT2D eigenvalue weighted by atomic mass is 9.99. The highest BCUT2D eigenvalue weighted by Crippen LogP contribution is 2.53. The molecule has 0 aromatic heterocycles. The standard InChI is InChI=1S/C42H42N28O14.C19H19N/c71-29-43-1-44-16-18-48(30(44)72)4-52-20-22-56(34(52)76)8-60-24-26-64(38(60)80)12-68-28-27-67(41(68)83)11-63-25-23-59(37(63)79)7-55-21-19-51(33(55)75)3-47(29)17-15(43)45-2-46(16)32(74)50(18)6-54(20)36(78)58(22)10-62(24)40(82)66(26)14-70(28)42(84)69(27)13-65(25)39(81)61(23)9-57(21)35(77)53(19)5-49(17)31(45)73;1-15(20-14-16-8-3-2-4-9-16)18-13-7-11-17-10-5-6-12-19(17)18/h15-28H,1-14H2;2-13,15,20H,14H2,1H3/p+1/t;15-/m.1/s1. The fourth-order valence-corrected chi connectivity index (χ4v) is 21.4. The van der Waals surface area contributed by atoms with Gasteiger partial charge in [-0.3, -0.25) is 137 Å². The van der Waals surface area contributed by atoms with Crippen molar-refractivity contribution in [2.75, 3.05) is 93.4 Å². The maximum Gasteiger partial charge on any atom is 0.326 e. The molecule has 0 spiro atoms. The number of urea groups is 14. The van der Waals surface area contributed by atoms with Crippen molar-refractivity contribution < 1.29 is 72.4 Å². The number of hydrogen-bond donors (Lipinski definition) is 1. The molecular weight excluding hydrogens is 1360 g/mol. The Kier molecular flexibility index (Phi) is 10.2. The number of fused-ring (bicyclic) bond motifs is 1. The van der Waals surface area contributed by atoms with Crippen LogP contribution < -0.4 is 5.32 Å². The molecule has 1 atom stereocenters. The van der Waals surface area contributed by atoms with Gasteiger partial charge in [0.1, 0.15) is 106 Å². The van der Waals surface area contributed by atoms with Crippen LogP contribution in [0.15, 0.2) is 72.8 Å². The summed E-state index contributed by atoms with van der Waals surface area (Å²) in [7, 11) is 0. The highest BCUT2D eigenvalue weighted by Gasteiger charge is 2.77. The number of carbonyl (C=O) groups excluding carboxylic acids is 14. The molecule has 21 heterocycles. The molecule has 2 N–H and O–H groups in total. The summed E-state index contributed by atoms with van der Waals surface area (Å²) in [4.78, 5) is 251. The minimum Gasteiger partial charge on any atom is -0.337 e. The van der Waals surface area contributed by atoms with Crippen LogP contribution in [-0.4, -0.2) is 401 Å². The molecule has 0 saturated carbocycles. The van der Waals surface area contributed by atoms with Crippen molar-refractivity contribution in [3.8, 4) is 0 Å². The quantitative estimate of drug-likeness (QED) is 0.273. The van der Waals surface area contributed by atoms with E-state index in [2.05, 4.69) is 85.0 Å². The fraction of sp³-hybridized carbons (Fsp3) is 0.508. The van der Waals surface area contributed by atoms with Gasteiger partial charge in [0, 0.05) is 11.1 Å². The Bertz CT molecular complexity index is 3670. The number of nitrogens with two attached hydrogens (primary N) is 1. The van der Waals surface area contributed by atoms with Gasteiger partial charge in [-0.2, -0.15) is 0 Å². The summed E-state index contributed by atoms with van der Waals surface area (Å²) < 4.78 is 0. The van der Waals surface area contributed by atoms with Crippen molar-refractivity contribution in [2.24, 2.45) is 0 Å². The van der Waals surface area contributed by atoms with Crippen LogP contribution in [0.5, 0.6) is 0 Å². The average Bonchev–Trinajstić information content (AvgIpc) is 1.52. The highest BCUT2D eigenvalue weighted by molar-refractivity contribution is 5.96. The molecule has 43 nitrogen and oxygen atoms in total. The SMILES string of the molecule is C[C@@H]([NH2+]Cc1ccccc1)c1cccc2ccccc12.O=C1N2CN3C(=O)N4CN5C(=O)N6CN7C(=O)N8CN9C(=O)N%10CN%11C(=O)N%12CN%13C(=O)N%14CN1C1C2N2CN%15C(=O)N(CN%16C(=O)N(CN%17C(=O)N(CN%18C(=O)N(CN%19C(=O)N(CN%20C(=O)N(CN1C2=O)C%14C%13%20)C%12C%11%19)C%10C9%18)C8C7%17)C6C5%16)C4C3%15. The average molecular weight is 1430 g/mol. The van der Waals surface area contributed by atoms with E-state index in [0.717, 1.165) is 6.54 Å². The Labute approximate surface area is 586 Å². The van der Waals surface area contributed by atoms with Gasteiger partial charge in [-0.15, -0.1) is 0 Å². The van der Waals surface area contributed by atoms with Crippen LogP contribution in [0, 0.1) is 0 Å². The zero-order chi connectivity index (χ0) is 70.0. The van der Waals surface area contributed by atoms with Crippen molar-refractivity contribution >= 4 is 95.2 Å². The molecule has 104 heavy (non-hydrogen) atoms. The summed E-state index contributed by atoms with van der Waals surface area (Å²) in [5.74, 6) is 0. The second kappa shape index (κ2) is 18.5. The van der Waals surface area contributed by atoms with Crippen LogP contribution in [-0.2, 0) is 6.54 Å². The molecule has 0 aliphatic carbocycles. The molecule has 21 aliphatic rings. The second-order valence-corrected chi connectivity index (χ2v) is 30.2. The van der Waals surface area contributed by atoms with Gasteiger partial charge in [-0.25, -0.2) is 67.1 Å². The maximum absolute atomic E-state index is 15.3. The van der Waals surface area contributed by atoms with Crippen LogP contribution in [0.3, 0.4) is 0 Å². The van der Waals surface area contributed by atoms with Crippen LogP contribution in [0.2, 0.25) is 0 Å². The van der Waals surface area contributed by atoms with Gasteiger partial charge in [0.15, 0.2) is 86.3 Å². The molecule has 534 valence electrons. The smallest absolute Gasteiger partial charge is 0.326 e. The van der Waals surface area contributed by atoms with E-state index in [1.165, 1.54) is 159 Å². The second-order valence-electron chi connectivity index (χ2n) is 30.2. The molecule has 21 fully saturated rings. The number of rotatable bonds is 4. The summed E-state index contributed by atoms with van der Waals surface area (Å²) in [6, 6.07) is 16.4. The number of quaternary nitrogens is 1. The van der Waals surface area contributed by atoms with Gasteiger partial charge in [0.25, 0.3) is 0 Å². The number of hydrogen-bond acceptors (Lipinski definition) is 14. The van der Waals surface area contributed by atoms with Crippen LogP contribution in [0.4, 0.5) is 67.1 Å². The molecule has 3 aromatic carbocycles. The number of carbonyl (C=O) groups is 14. The molecule has 21 aliphatic heterocycles. The van der Waals surface area contributed by atoms with Gasteiger partial charge in [-0.05, 0) is 17.7 Å². The summed E-state index contributed by atoms with van der Waals surface area (Å²) in [5, 5.41) is 5.09. The predicted molar refractivity (Wildman–Crippen MR) is 333 cm³/mol. The summed E-state index contributed by atoms with van der Waals surface area (Å²) in [5.41, 5.74) is 2.79. The summed E-state index contributed by atoms with van der Waals surface area (Å²) >= 11 is 0. The summed E-state index contributed by atoms with van der Waals surface area (Å²) in [6.45, 7) is -3.80. The van der Waals surface area contributed by atoms with Gasteiger partial charge in [0.05, 0.1) is 0 Å². The van der Waals surface area contributed by atoms with Crippen LogP contribution in [0.1, 0.15) is 24.1 Å². The maximum atomic E-state index is 15.3. The fourth-order valence-electron chi connectivity index (χ4n) is 21.4. The first-order chi connectivity index (χ1) is 50.4. The van der Waals surface area contributed by atoms with E-state index in [9.17, 15) is 0 Å². The monoisotopic (exact) mass is 1420 g/mol. The van der Waals surface area contributed by atoms with Gasteiger partial charge >= 0.3 is 84.4 Å². The van der Waals surface area contributed by atoms with E-state index >= 15 is 67.1 Å².